The van der Waals surface area contributed by atoms with Crippen molar-refractivity contribution in [1.29, 1.82) is 0 Å². The van der Waals surface area contributed by atoms with Crippen LogP contribution < -0.4 is 16.0 Å². The zero-order chi connectivity index (χ0) is 19.6. The quantitative estimate of drug-likeness (QED) is 0.277. The van der Waals surface area contributed by atoms with Crippen molar-refractivity contribution in [3.63, 3.8) is 0 Å². The lowest BCUT2D eigenvalue weighted by Crippen LogP contribution is -2.36. The Kier molecular flexibility index (Phi) is 11.1. The summed E-state index contributed by atoms with van der Waals surface area (Å²) in [6, 6.07) is 7.81. The van der Waals surface area contributed by atoms with E-state index in [4.69, 9.17) is 0 Å². The summed E-state index contributed by atoms with van der Waals surface area (Å²) < 4.78 is 0. The van der Waals surface area contributed by atoms with Crippen LogP contribution in [0.15, 0.2) is 29.3 Å². The average molecular weight is 515 g/mol. The number of hydrogen-bond donors (Lipinski definition) is 3. The molecule has 0 bridgehead atoms. The van der Waals surface area contributed by atoms with Crippen molar-refractivity contribution in [3.05, 3.63) is 45.4 Å². The Morgan fingerprint density at radius 2 is 1.86 bits per heavy atom. The van der Waals surface area contributed by atoms with Crippen LogP contribution in [0.2, 0.25) is 0 Å². The van der Waals surface area contributed by atoms with E-state index in [1.165, 1.54) is 4.88 Å². The normalized spacial score (nSPS) is 10.9. The Morgan fingerprint density at radius 3 is 2.43 bits per heavy atom. The summed E-state index contributed by atoms with van der Waals surface area (Å²) in [5.41, 5.74) is 2.99. The number of amides is 1. The average Bonchev–Trinajstić information content (AvgIpc) is 2.96. The second-order valence-electron chi connectivity index (χ2n) is 6.29. The van der Waals surface area contributed by atoms with Crippen LogP contribution in [0.1, 0.15) is 47.8 Å². The number of thiazole rings is 1. The van der Waals surface area contributed by atoms with Crippen molar-refractivity contribution in [2.75, 3.05) is 11.9 Å². The number of rotatable bonds is 8. The molecular weight excluding hydrogens is 485 g/mol. The van der Waals surface area contributed by atoms with Crippen LogP contribution in [0.5, 0.6) is 0 Å². The predicted octanol–water partition coefficient (Wildman–Crippen LogP) is 4.37. The van der Waals surface area contributed by atoms with E-state index in [0.717, 1.165) is 40.9 Å². The lowest BCUT2D eigenvalue weighted by molar-refractivity contribution is -0.116. The smallest absolute Gasteiger partial charge is 0.224 e. The molecule has 8 heteroatoms. The van der Waals surface area contributed by atoms with Gasteiger partial charge in [-0.15, -0.1) is 35.3 Å². The number of carbonyl (C=O) groups excluding carboxylic acids is 1. The molecule has 2 rings (SSSR count). The van der Waals surface area contributed by atoms with E-state index in [1.807, 2.05) is 45.0 Å². The number of guanidine groups is 1. The number of anilines is 1. The van der Waals surface area contributed by atoms with E-state index in [2.05, 4.69) is 32.9 Å². The molecule has 0 unspecified atom stereocenters. The molecular formula is C20H30IN5OS. The van der Waals surface area contributed by atoms with Gasteiger partial charge in [-0.25, -0.2) is 9.98 Å². The van der Waals surface area contributed by atoms with E-state index in [-0.39, 0.29) is 29.9 Å². The van der Waals surface area contributed by atoms with Crippen LogP contribution in [0.3, 0.4) is 0 Å². The molecule has 0 saturated carbocycles. The third kappa shape index (κ3) is 8.14. The fraction of sp³-hybridized carbons (Fsp3) is 0.450. The number of halogens is 1. The third-order valence-electron chi connectivity index (χ3n) is 3.96. The van der Waals surface area contributed by atoms with Gasteiger partial charge in [0.1, 0.15) is 5.01 Å². The second-order valence-corrected chi connectivity index (χ2v) is 7.58. The monoisotopic (exact) mass is 515 g/mol. The molecule has 0 aliphatic heterocycles. The van der Waals surface area contributed by atoms with Gasteiger partial charge in [-0.1, -0.05) is 19.1 Å². The number of aromatic nitrogens is 1. The van der Waals surface area contributed by atoms with Gasteiger partial charge < -0.3 is 16.0 Å². The summed E-state index contributed by atoms with van der Waals surface area (Å²) in [6.45, 7) is 10.2. The van der Waals surface area contributed by atoms with Gasteiger partial charge in [-0.05, 0) is 44.9 Å². The highest BCUT2D eigenvalue weighted by molar-refractivity contribution is 14.0. The van der Waals surface area contributed by atoms with Crippen molar-refractivity contribution < 1.29 is 4.79 Å². The van der Waals surface area contributed by atoms with Crippen LogP contribution in [0, 0.1) is 13.8 Å². The summed E-state index contributed by atoms with van der Waals surface area (Å²) >= 11 is 1.71. The highest BCUT2D eigenvalue weighted by atomic mass is 127. The minimum Gasteiger partial charge on any atom is -0.357 e. The topological polar surface area (TPSA) is 78.4 Å². The molecule has 6 nitrogen and oxygen atoms in total. The maximum absolute atomic E-state index is 11.6. The molecule has 0 radical (unpaired) electrons. The Morgan fingerprint density at radius 1 is 1.14 bits per heavy atom. The van der Waals surface area contributed by atoms with Gasteiger partial charge in [0.25, 0.3) is 0 Å². The van der Waals surface area contributed by atoms with Crippen LogP contribution in [-0.4, -0.2) is 23.4 Å². The molecule has 3 N–H and O–H groups in total. The first-order chi connectivity index (χ1) is 13.0. The second kappa shape index (κ2) is 12.7. The van der Waals surface area contributed by atoms with Crippen LogP contribution in [-0.2, 0) is 17.9 Å². The highest BCUT2D eigenvalue weighted by Crippen LogP contribution is 2.16. The molecule has 0 spiro atoms. The number of nitrogens with zero attached hydrogens (tertiary/aromatic N) is 2. The van der Waals surface area contributed by atoms with Gasteiger partial charge >= 0.3 is 0 Å². The molecule has 154 valence electrons. The molecule has 0 saturated heterocycles. The number of carbonyl (C=O) groups is 1. The lowest BCUT2D eigenvalue weighted by atomic mass is 10.2. The fourth-order valence-corrected chi connectivity index (χ4v) is 3.30. The molecule has 1 heterocycles. The molecule has 0 aliphatic rings. The molecule has 1 amide bonds. The van der Waals surface area contributed by atoms with Crippen molar-refractivity contribution in [3.8, 4) is 0 Å². The number of nitrogens with one attached hydrogen (secondary N) is 3. The Bertz CT molecular complexity index is 754. The Balaban J connectivity index is 0.00000392. The molecule has 1 aromatic carbocycles. The standard InChI is InChI=1S/C20H29N5OS.HI/c1-5-7-18(26)25-17-10-8-16(9-11-17)12-22-20(21-6-2)23-13-19-24-14(3)15(4)27-19;/h8-11H,5-7,12-13H2,1-4H3,(H,25,26)(H2,21,22,23);1H. The van der Waals surface area contributed by atoms with E-state index in [1.54, 1.807) is 11.3 Å². The molecule has 0 atom stereocenters. The summed E-state index contributed by atoms with van der Waals surface area (Å²) in [4.78, 5) is 22.1. The minimum absolute atomic E-state index is 0. The number of benzene rings is 1. The van der Waals surface area contributed by atoms with Gasteiger partial charge in [-0.3, -0.25) is 4.79 Å². The van der Waals surface area contributed by atoms with E-state index < -0.39 is 0 Å². The zero-order valence-corrected chi connectivity index (χ0v) is 20.1. The number of aryl methyl sites for hydroxylation is 2. The Hall–Kier alpha value is -1.68. The summed E-state index contributed by atoms with van der Waals surface area (Å²) in [6.07, 6.45) is 1.39. The third-order valence-corrected chi connectivity index (χ3v) is 5.03. The first kappa shape index (κ1) is 24.4. The van der Waals surface area contributed by atoms with Crippen molar-refractivity contribution in [2.45, 2.75) is 53.6 Å². The largest absolute Gasteiger partial charge is 0.357 e. The van der Waals surface area contributed by atoms with Crippen molar-refractivity contribution in [1.82, 2.24) is 15.6 Å². The van der Waals surface area contributed by atoms with Crippen molar-refractivity contribution >= 4 is 52.9 Å². The van der Waals surface area contributed by atoms with E-state index >= 15 is 0 Å². The number of hydrogen-bond acceptors (Lipinski definition) is 4. The number of aliphatic imine (C=N–C) groups is 1. The molecule has 1 aromatic heterocycles. The van der Waals surface area contributed by atoms with Gasteiger partial charge in [0.05, 0.1) is 18.8 Å². The molecule has 28 heavy (non-hydrogen) atoms. The van der Waals surface area contributed by atoms with E-state index in [0.29, 0.717) is 19.5 Å². The maximum atomic E-state index is 11.6. The van der Waals surface area contributed by atoms with E-state index in [9.17, 15) is 4.79 Å². The molecule has 0 aliphatic carbocycles. The fourth-order valence-electron chi connectivity index (χ4n) is 2.43. The summed E-state index contributed by atoms with van der Waals surface area (Å²) in [5.74, 6) is 0.817. The summed E-state index contributed by atoms with van der Waals surface area (Å²) in [7, 11) is 0. The highest BCUT2D eigenvalue weighted by Gasteiger charge is 2.05. The first-order valence-corrected chi connectivity index (χ1v) is 10.2. The maximum Gasteiger partial charge on any atom is 0.224 e. The van der Waals surface area contributed by atoms with Crippen molar-refractivity contribution in [2.24, 2.45) is 4.99 Å². The minimum atomic E-state index is 0. The van der Waals surface area contributed by atoms with Crippen LogP contribution in [0.25, 0.3) is 0 Å². The van der Waals surface area contributed by atoms with Crippen LogP contribution in [0.4, 0.5) is 5.69 Å². The van der Waals surface area contributed by atoms with Gasteiger partial charge in [0, 0.05) is 23.5 Å². The molecule has 0 fully saturated rings. The molecule has 2 aromatic rings. The summed E-state index contributed by atoms with van der Waals surface area (Å²) in [5, 5.41) is 10.5. The Labute approximate surface area is 188 Å². The SMILES string of the molecule is CCCC(=O)Nc1ccc(CN=C(NCC)NCc2nc(C)c(C)s2)cc1.I. The van der Waals surface area contributed by atoms with Gasteiger partial charge in [0.15, 0.2) is 5.96 Å². The predicted molar refractivity (Wildman–Crippen MR) is 129 cm³/mol. The lowest BCUT2D eigenvalue weighted by Gasteiger charge is -2.10. The first-order valence-electron chi connectivity index (χ1n) is 9.35. The van der Waals surface area contributed by atoms with Crippen LogP contribution >= 0.6 is 35.3 Å². The zero-order valence-electron chi connectivity index (χ0n) is 17.0. The van der Waals surface area contributed by atoms with Gasteiger partial charge in [0.2, 0.25) is 5.91 Å². The van der Waals surface area contributed by atoms with Gasteiger partial charge in [-0.2, -0.15) is 0 Å².